The Morgan fingerprint density at radius 2 is 1.94 bits per heavy atom. The van der Waals surface area contributed by atoms with Crippen molar-refractivity contribution >= 4 is 0 Å². The van der Waals surface area contributed by atoms with Gasteiger partial charge < -0.3 is 9.47 Å². The van der Waals surface area contributed by atoms with Crippen LogP contribution in [0.2, 0.25) is 0 Å². The van der Waals surface area contributed by atoms with Gasteiger partial charge in [-0.1, -0.05) is 26.0 Å². The standard InChI is InChI=1S/C15H22O2/c1-11(2)13-5-8-14(9-6-13)16-10-15-7-4-12(3)17-15/h5-6,8-9,11-12,15H,4,7,10H2,1-3H3. The molecular weight excluding hydrogens is 212 g/mol. The van der Waals surface area contributed by atoms with Gasteiger partial charge in [-0.3, -0.25) is 0 Å². The highest BCUT2D eigenvalue weighted by molar-refractivity contribution is 5.28. The molecule has 0 bridgehead atoms. The predicted octanol–water partition coefficient (Wildman–Crippen LogP) is 3.76. The van der Waals surface area contributed by atoms with Crippen LogP contribution in [0.4, 0.5) is 0 Å². The van der Waals surface area contributed by atoms with Crippen LogP contribution in [0.15, 0.2) is 24.3 Å². The molecule has 17 heavy (non-hydrogen) atoms. The lowest BCUT2D eigenvalue weighted by Crippen LogP contribution is -2.17. The molecule has 1 aliphatic rings. The van der Waals surface area contributed by atoms with Gasteiger partial charge in [-0.05, 0) is 43.4 Å². The van der Waals surface area contributed by atoms with E-state index in [1.165, 1.54) is 5.56 Å². The molecule has 0 aromatic heterocycles. The Bertz CT molecular complexity index is 342. The molecule has 1 heterocycles. The highest BCUT2D eigenvalue weighted by atomic mass is 16.5. The lowest BCUT2D eigenvalue weighted by atomic mass is 10.0. The second-order valence-electron chi connectivity index (χ2n) is 5.18. The average molecular weight is 234 g/mol. The zero-order valence-electron chi connectivity index (χ0n) is 11.0. The molecule has 2 heteroatoms. The fourth-order valence-electron chi connectivity index (χ4n) is 2.15. The second-order valence-corrected chi connectivity index (χ2v) is 5.18. The van der Waals surface area contributed by atoms with E-state index in [9.17, 15) is 0 Å². The molecule has 2 nitrogen and oxygen atoms in total. The molecule has 0 N–H and O–H groups in total. The first-order valence-electron chi connectivity index (χ1n) is 6.53. The zero-order valence-corrected chi connectivity index (χ0v) is 11.0. The van der Waals surface area contributed by atoms with Crippen molar-refractivity contribution in [2.45, 2.75) is 51.7 Å². The minimum atomic E-state index is 0.273. The average Bonchev–Trinajstić information content (AvgIpc) is 2.73. The third kappa shape index (κ3) is 3.47. The summed E-state index contributed by atoms with van der Waals surface area (Å²) in [4.78, 5) is 0. The van der Waals surface area contributed by atoms with E-state index in [4.69, 9.17) is 9.47 Å². The topological polar surface area (TPSA) is 18.5 Å². The molecule has 2 rings (SSSR count). The lowest BCUT2D eigenvalue weighted by molar-refractivity contribution is 0.0264. The van der Waals surface area contributed by atoms with Gasteiger partial charge >= 0.3 is 0 Å². The zero-order chi connectivity index (χ0) is 12.3. The summed E-state index contributed by atoms with van der Waals surface area (Å²) in [5, 5.41) is 0. The summed E-state index contributed by atoms with van der Waals surface area (Å²) in [7, 11) is 0. The van der Waals surface area contributed by atoms with Crippen LogP contribution >= 0.6 is 0 Å². The number of hydrogen-bond acceptors (Lipinski definition) is 2. The van der Waals surface area contributed by atoms with Crippen molar-refractivity contribution in [3.8, 4) is 5.75 Å². The second kappa shape index (κ2) is 5.54. The van der Waals surface area contributed by atoms with Gasteiger partial charge in [0.2, 0.25) is 0 Å². The maximum absolute atomic E-state index is 5.75. The molecule has 1 aromatic carbocycles. The van der Waals surface area contributed by atoms with E-state index in [1.54, 1.807) is 0 Å². The molecule has 2 atom stereocenters. The van der Waals surface area contributed by atoms with Crippen molar-refractivity contribution in [2.75, 3.05) is 6.61 Å². The van der Waals surface area contributed by atoms with Crippen LogP contribution in [0.1, 0.15) is 45.1 Å². The van der Waals surface area contributed by atoms with Gasteiger partial charge in [0.1, 0.15) is 12.4 Å². The summed E-state index contributed by atoms with van der Waals surface area (Å²) in [5.74, 6) is 1.51. The van der Waals surface area contributed by atoms with Crippen molar-refractivity contribution in [2.24, 2.45) is 0 Å². The van der Waals surface area contributed by atoms with Crippen molar-refractivity contribution in [1.82, 2.24) is 0 Å². The molecule has 94 valence electrons. The first kappa shape index (κ1) is 12.4. The van der Waals surface area contributed by atoms with Gasteiger partial charge in [0, 0.05) is 0 Å². The normalized spacial score (nSPS) is 24.2. The molecule has 0 saturated carbocycles. The van der Waals surface area contributed by atoms with Gasteiger partial charge in [-0.25, -0.2) is 0 Å². The van der Waals surface area contributed by atoms with Crippen LogP contribution < -0.4 is 4.74 Å². The molecule has 0 spiro atoms. The minimum absolute atomic E-state index is 0.273. The Labute approximate surface area is 104 Å². The van der Waals surface area contributed by atoms with E-state index < -0.39 is 0 Å². The van der Waals surface area contributed by atoms with Crippen molar-refractivity contribution in [3.63, 3.8) is 0 Å². The fourth-order valence-corrected chi connectivity index (χ4v) is 2.15. The third-order valence-corrected chi connectivity index (χ3v) is 3.30. The number of rotatable bonds is 4. The smallest absolute Gasteiger partial charge is 0.119 e. The molecule has 2 unspecified atom stereocenters. The summed E-state index contributed by atoms with van der Waals surface area (Å²) in [6, 6.07) is 8.37. The Morgan fingerprint density at radius 1 is 1.24 bits per heavy atom. The highest BCUT2D eigenvalue weighted by Crippen LogP contribution is 2.22. The molecule has 1 saturated heterocycles. The van der Waals surface area contributed by atoms with E-state index in [2.05, 4.69) is 32.9 Å². The van der Waals surface area contributed by atoms with Crippen molar-refractivity contribution in [1.29, 1.82) is 0 Å². The summed E-state index contributed by atoms with van der Waals surface area (Å²) in [5.41, 5.74) is 1.35. The van der Waals surface area contributed by atoms with E-state index in [1.807, 2.05) is 12.1 Å². The maximum atomic E-state index is 5.75. The highest BCUT2D eigenvalue weighted by Gasteiger charge is 2.22. The van der Waals surface area contributed by atoms with E-state index in [-0.39, 0.29) is 6.10 Å². The van der Waals surface area contributed by atoms with E-state index >= 15 is 0 Å². The van der Waals surface area contributed by atoms with Gasteiger partial charge in [-0.2, -0.15) is 0 Å². The van der Waals surface area contributed by atoms with Gasteiger partial charge in [0.05, 0.1) is 12.2 Å². The molecule has 1 aromatic rings. The predicted molar refractivity (Wildman–Crippen MR) is 69.6 cm³/mol. The van der Waals surface area contributed by atoms with Crippen LogP contribution in [0.25, 0.3) is 0 Å². The van der Waals surface area contributed by atoms with Crippen LogP contribution in [0.3, 0.4) is 0 Å². The summed E-state index contributed by atoms with van der Waals surface area (Å²) < 4.78 is 11.5. The number of hydrogen-bond donors (Lipinski definition) is 0. The summed E-state index contributed by atoms with van der Waals surface area (Å²) in [6.07, 6.45) is 2.94. The van der Waals surface area contributed by atoms with Crippen LogP contribution in [0.5, 0.6) is 5.75 Å². The molecule has 0 amide bonds. The number of benzene rings is 1. The first-order chi connectivity index (χ1) is 8.15. The van der Waals surface area contributed by atoms with Crippen molar-refractivity contribution < 1.29 is 9.47 Å². The van der Waals surface area contributed by atoms with Gasteiger partial charge in [0.25, 0.3) is 0 Å². The van der Waals surface area contributed by atoms with Gasteiger partial charge in [0.15, 0.2) is 0 Å². The SMILES string of the molecule is CC1CCC(COc2ccc(C(C)C)cc2)O1. The molecular formula is C15H22O2. The third-order valence-electron chi connectivity index (χ3n) is 3.30. The molecule has 0 aliphatic carbocycles. The molecule has 1 fully saturated rings. The summed E-state index contributed by atoms with van der Waals surface area (Å²) >= 11 is 0. The van der Waals surface area contributed by atoms with E-state index in [0.717, 1.165) is 18.6 Å². The largest absolute Gasteiger partial charge is 0.491 e. The Balaban J connectivity index is 1.83. The Kier molecular flexibility index (Phi) is 4.06. The van der Waals surface area contributed by atoms with Crippen LogP contribution in [-0.4, -0.2) is 18.8 Å². The summed E-state index contributed by atoms with van der Waals surface area (Å²) in [6.45, 7) is 7.19. The van der Waals surface area contributed by atoms with E-state index in [0.29, 0.717) is 18.6 Å². The molecule has 0 radical (unpaired) electrons. The lowest BCUT2D eigenvalue weighted by Gasteiger charge is -2.13. The Morgan fingerprint density at radius 3 is 2.47 bits per heavy atom. The molecule has 1 aliphatic heterocycles. The van der Waals surface area contributed by atoms with Crippen LogP contribution in [0, 0.1) is 0 Å². The Hall–Kier alpha value is -1.02. The first-order valence-corrected chi connectivity index (χ1v) is 6.53. The van der Waals surface area contributed by atoms with Crippen LogP contribution in [-0.2, 0) is 4.74 Å². The fraction of sp³-hybridized carbons (Fsp3) is 0.600. The quantitative estimate of drug-likeness (QED) is 0.789. The monoisotopic (exact) mass is 234 g/mol. The minimum Gasteiger partial charge on any atom is -0.491 e. The van der Waals surface area contributed by atoms with Crippen molar-refractivity contribution in [3.05, 3.63) is 29.8 Å². The number of ether oxygens (including phenoxy) is 2. The maximum Gasteiger partial charge on any atom is 0.119 e. The van der Waals surface area contributed by atoms with Gasteiger partial charge in [-0.15, -0.1) is 0 Å².